The zero-order chi connectivity index (χ0) is 25.7. The summed E-state index contributed by atoms with van der Waals surface area (Å²) in [5.41, 5.74) is 1.55. The lowest BCUT2D eigenvalue weighted by Crippen LogP contribution is -2.19. The molecule has 2 aromatic rings. The van der Waals surface area contributed by atoms with E-state index in [-0.39, 0.29) is 6.03 Å². The highest BCUT2D eigenvalue weighted by Gasteiger charge is 2.07. The fourth-order valence-corrected chi connectivity index (χ4v) is 4.37. The van der Waals surface area contributed by atoms with E-state index in [2.05, 4.69) is 22.8 Å². The van der Waals surface area contributed by atoms with Gasteiger partial charge in [-0.2, -0.15) is 0 Å². The van der Waals surface area contributed by atoms with Crippen LogP contribution in [-0.2, 0) is 4.79 Å². The minimum Gasteiger partial charge on any atom is -0.481 e. The summed E-state index contributed by atoms with van der Waals surface area (Å²) in [5, 5.41) is 14.0. The Morgan fingerprint density at radius 3 is 1.61 bits per heavy atom. The fourth-order valence-electron chi connectivity index (χ4n) is 4.37. The van der Waals surface area contributed by atoms with Gasteiger partial charge in [-0.25, -0.2) is 4.79 Å². The molecule has 196 valence electrons. The maximum atomic E-state index is 11.6. The van der Waals surface area contributed by atoms with E-state index in [0.717, 1.165) is 30.1 Å². The van der Waals surface area contributed by atoms with Crippen LogP contribution in [0.5, 0.6) is 0 Å². The SMILES string of the molecule is O=C(Nc1ccccc1)Nc1ccccc1.O=C(O)CCCCCCCCCCCCC1C=CCC1. The Kier molecular flexibility index (Phi) is 15.5. The number of carboxylic acid groups (broad SMARTS) is 1. The smallest absolute Gasteiger partial charge is 0.323 e. The van der Waals surface area contributed by atoms with Gasteiger partial charge in [-0.1, -0.05) is 106 Å². The molecule has 5 nitrogen and oxygen atoms in total. The van der Waals surface area contributed by atoms with Crippen LogP contribution < -0.4 is 10.6 Å². The lowest BCUT2D eigenvalue weighted by molar-refractivity contribution is -0.137. The number of unbranched alkanes of at least 4 members (excludes halogenated alkanes) is 9. The van der Waals surface area contributed by atoms with Crippen molar-refractivity contribution in [2.75, 3.05) is 10.6 Å². The summed E-state index contributed by atoms with van der Waals surface area (Å²) in [6.07, 6.45) is 21.9. The number of benzene rings is 2. The number of rotatable bonds is 15. The van der Waals surface area contributed by atoms with Crippen molar-refractivity contribution in [2.24, 2.45) is 5.92 Å². The molecule has 0 bridgehead atoms. The molecular formula is C31H44N2O3. The molecular weight excluding hydrogens is 448 g/mol. The van der Waals surface area contributed by atoms with Crippen molar-refractivity contribution < 1.29 is 14.7 Å². The van der Waals surface area contributed by atoms with Crippen molar-refractivity contribution in [1.29, 1.82) is 0 Å². The summed E-state index contributed by atoms with van der Waals surface area (Å²) in [4.78, 5) is 21.9. The first-order chi connectivity index (χ1) is 17.6. The number of para-hydroxylation sites is 2. The first-order valence-corrected chi connectivity index (χ1v) is 13.7. The third-order valence-corrected chi connectivity index (χ3v) is 6.39. The number of hydrogen-bond donors (Lipinski definition) is 3. The van der Waals surface area contributed by atoms with Gasteiger partial charge in [0.1, 0.15) is 0 Å². The van der Waals surface area contributed by atoms with Crippen molar-refractivity contribution in [3.05, 3.63) is 72.8 Å². The van der Waals surface area contributed by atoms with Gasteiger partial charge < -0.3 is 15.7 Å². The van der Waals surface area contributed by atoms with Crippen LogP contribution in [0, 0.1) is 5.92 Å². The zero-order valence-electron chi connectivity index (χ0n) is 21.7. The molecule has 2 amide bonds. The predicted octanol–water partition coefficient (Wildman–Crippen LogP) is 9.05. The molecule has 0 aliphatic heterocycles. The monoisotopic (exact) mass is 492 g/mol. The van der Waals surface area contributed by atoms with Crippen LogP contribution in [0.25, 0.3) is 0 Å². The lowest BCUT2D eigenvalue weighted by Gasteiger charge is -2.06. The summed E-state index contributed by atoms with van der Waals surface area (Å²) in [6.45, 7) is 0. The third-order valence-electron chi connectivity index (χ3n) is 6.39. The Labute approximate surface area is 217 Å². The minimum absolute atomic E-state index is 0.239. The molecule has 36 heavy (non-hydrogen) atoms. The third kappa shape index (κ3) is 15.0. The molecule has 3 rings (SSSR count). The van der Waals surface area contributed by atoms with Crippen LogP contribution in [0.2, 0.25) is 0 Å². The highest BCUT2D eigenvalue weighted by molar-refractivity contribution is 5.99. The van der Waals surface area contributed by atoms with Gasteiger partial charge in [0.05, 0.1) is 0 Å². The Hall–Kier alpha value is -3.08. The van der Waals surface area contributed by atoms with E-state index in [1.807, 2.05) is 60.7 Å². The molecule has 0 saturated heterocycles. The van der Waals surface area contributed by atoms with Crippen LogP contribution in [0.15, 0.2) is 72.8 Å². The average molecular weight is 493 g/mol. The molecule has 0 aromatic heterocycles. The van der Waals surface area contributed by atoms with Crippen molar-refractivity contribution in [3.63, 3.8) is 0 Å². The largest absolute Gasteiger partial charge is 0.481 e. The van der Waals surface area contributed by atoms with E-state index in [1.54, 1.807) is 0 Å². The predicted molar refractivity (Wildman–Crippen MR) is 150 cm³/mol. The molecule has 1 unspecified atom stereocenters. The number of aliphatic carboxylic acids is 1. The number of nitrogens with one attached hydrogen (secondary N) is 2. The first-order valence-electron chi connectivity index (χ1n) is 13.7. The molecule has 0 saturated carbocycles. The Morgan fingerprint density at radius 1 is 0.694 bits per heavy atom. The van der Waals surface area contributed by atoms with Crippen molar-refractivity contribution >= 4 is 23.4 Å². The molecule has 5 heteroatoms. The van der Waals surface area contributed by atoms with E-state index >= 15 is 0 Å². The summed E-state index contributed by atoms with van der Waals surface area (Å²) in [5.74, 6) is 0.235. The number of amides is 2. The van der Waals surface area contributed by atoms with Gasteiger partial charge in [0.15, 0.2) is 0 Å². The van der Waals surface area contributed by atoms with Crippen LogP contribution in [0.3, 0.4) is 0 Å². The molecule has 1 aliphatic rings. The van der Waals surface area contributed by atoms with E-state index in [4.69, 9.17) is 5.11 Å². The van der Waals surface area contributed by atoms with Gasteiger partial charge in [0, 0.05) is 17.8 Å². The minimum atomic E-state index is -0.655. The number of carbonyl (C=O) groups excluding carboxylic acids is 1. The fraction of sp³-hybridized carbons (Fsp3) is 0.484. The summed E-state index contributed by atoms with van der Waals surface area (Å²) in [7, 11) is 0. The first kappa shape index (κ1) is 29.2. The topological polar surface area (TPSA) is 78.4 Å². The summed E-state index contributed by atoms with van der Waals surface area (Å²) >= 11 is 0. The molecule has 0 fully saturated rings. The van der Waals surface area contributed by atoms with Gasteiger partial charge in [-0.3, -0.25) is 4.79 Å². The Bertz CT molecular complexity index is 824. The Morgan fingerprint density at radius 2 is 1.17 bits per heavy atom. The van der Waals surface area contributed by atoms with Gasteiger partial charge in [-0.15, -0.1) is 0 Å². The Balaban J connectivity index is 0.000000259. The van der Waals surface area contributed by atoms with E-state index in [9.17, 15) is 9.59 Å². The molecule has 1 aliphatic carbocycles. The van der Waals surface area contributed by atoms with E-state index in [0.29, 0.717) is 6.42 Å². The van der Waals surface area contributed by atoms with Crippen molar-refractivity contribution in [3.8, 4) is 0 Å². The molecule has 2 aromatic carbocycles. The quantitative estimate of drug-likeness (QED) is 0.171. The highest BCUT2D eigenvalue weighted by Crippen LogP contribution is 2.23. The number of hydrogen-bond acceptors (Lipinski definition) is 2. The standard InChI is InChI=1S/C18H32O2.C13H12N2O/c19-18(20)16-10-8-6-4-2-1-3-5-7-9-13-17-14-11-12-15-17;16-13(14-11-7-3-1-4-8-11)15-12-9-5-2-6-10-12/h11,14,17H,1-10,12-13,15-16H2,(H,19,20);1-10H,(H2,14,15,16). The summed E-state index contributed by atoms with van der Waals surface area (Å²) in [6, 6.07) is 18.4. The molecule has 0 heterocycles. The van der Waals surface area contributed by atoms with Crippen molar-refractivity contribution in [2.45, 2.75) is 89.9 Å². The maximum Gasteiger partial charge on any atom is 0.323 e. The average Bonchev–Trinajstić information content (AvgIpc) is 3.40. The second-order valence-corrected chi connectivity index (χ2v) is 9.54. The molecule has 1 atom stereocenters. The lowest BCUT2D eigenvalue weighted by atomic mass is 9.99. The van der Waals surface area contributed by atoms with Crippen LogP contribution in [0.4, 0.5) is 16.2 Å². The molecule has 3 N–H and O–H groups in total. The van der Waals surface area contributed by atoms with Crippen molar-refractivity contribution in [1.82, 2.24) is 0 Å². The maximum absolute atomic E-state index is 11.6. The van der Waals surface area contributed by atoms with Gasteiger partial charge in [-0.05, 0) is 55.9 Å². The second-order valence-electron chi connectivity index (χ2n) is 9.54. The normalized spacial score (nSPS) is 14.1. The second kappa shape index (κ2) is 19.1. The van der Waals surface area contributed by atoms with E-state index in [1.165, 1.54) is 70.6 Å². The van der Waals surface area contributed by atoms with Crippen LogP contribution in [0.1, 0.15) is 89.9 Å². The number of carboxylic acids is 1. The molecule has 0 radical (unpaired) electrons. The zero-order valence-corrected chi connectivity index (χ0v) is 21.7. The number of urea groups is 1. The highest BCUT2D eigenvalue weighted by atomic mass is 16.4. The van der Waals surface area contributed by atoms with Gasteiger partial charge >= 0.3 is 12.0 Å². The number of anilines is 2. The molecule has 0 spiro atoms. The van der Waals surface area contributed by atoms with Gasteiger partial charge in [0.25, 0.3) is 0 Å². The number of allylic oxidation sites excluding steroid dienone is 2. The van der Waals surface area contributed by atoms with Crippen LogP contribution >= 0.6 is 0 Å². The van der Waals surface area contributed by atoms with E-state index < -0.39 is 5.97 Å². The number of carbonyl (C=O) groups is 2. The van der Waals surface area contributed by atoms with Crippen LogP contribution in [-0.4, -0.2) is 17.1 Å². The van der Waals surface area contributed by atoms with Gasteiger partial charge in [0.2, 0.25) is 0 Å². The summed E-state index contributed by atoms with van der Waals surface area (Å²) < 4.78 is 0.